The number of hydrogen-bond acceptors (Lipinski definition) is 5. The molecule has 7 nitrogen and oxygen atoms in total. The van der Waals surface area contributed by atoms with Gasteiger partial charge in [0.05, 0.1) is 12.3 Å². The van der Waals surface area contributed by atoms with Crippen molar-refractivity contribution in [3.8, 4) is 0 Å². The van der Waals surface area contributed by atoms with Gasteiger partial charge in [-0.25, -0.2) is 14.2 Å². The van der Waals surface area contributed by atoms with Gasteiger partial charge in [0.15, 0.2) is 6.29 Å². The maximum Gasteiger partial charge on any atom is 0.422 e. The molecule has 0 bridgehead atoms. The summed E-state index contributed by atoms with van der Waals surface area (Å²) >= 11 is 0. The quantitative estimate of drug-likeness (QED) is 0.542. The number of rotatable bonds is 2. The number of hydrogen-bond donors (Lipinski definition) is 3. The van der Waals surface area contributed by atoms with E-state index in [0.29, 0.717) is 4.57 Å². The average Bonchev–Trinajstić information content (AvgIpc) is 2.48. The summed E-state index contributed by atoms with van der Waals surface area (Å²) in [5.74, 6) is 0. The minimum Gasteiger partial charge on any atom is -0.449 e. The Morgan fingerprint density at radius 1 is 1.71 bits per heavy atom. The number of imidazole rings is 1. The zero-order valence-electron chi connectivity index (χ0n) is 7.43. The van der Waals surface area contributed by atoms with Crippen LogP contribution in [0.25, 0.3) is 0 Å². The fourth-order valence-electron chi connectivity index (χ4n) is 0.874. The fourth-order valence-corrected chi connectivity index (χ4v) is 0.874. The van der Waals surface area contributed by atoms with Gasteiger partial charge in [0.25, 0.3) is 0 Å². The van der Waals surface area contributed by atoms with Gasteiger partial charge < -0.3 is 19.9 Å². The fraction of sp³-hybridized carbons (Fsp3) is 0.429. The van der Waals surface area contributed by atoms with Gasteiger partial charge in [0, 0.05) is 6.20 Å². The Morgan fingerprint density at radius 2 is 2.36 bits per heavy atom. The number of nitrogens with zero attached hydrogens (tertiary/aromatic N) is 1. The van der Waals surface area contributed by atoms with Crippen LogP contribution in [0.2, 0.25) is 0 Å². The van der Waals surface area contributed by atoms with Gasteiger partial charge in [-0.15, -0.1) is 0 Å². The Bertz CT molecular complexity index is 378. The van der Waals surface area contributed by atoms with Crippen LogP contribution >= 0.6 is 0 Å². The van der Waals surface area contributed by atoms with E-state index in [1.807, 2.05) is 0 Å². The topological polar surface area (TPSA) is 105 Å². The van der Waals surface area contributed by atoms with Crippen molar-refractivity contribution in [1.29, 1.82) is 0 Å². The van der Waals surface area contributed by atoms with Gasteiger partial charge in [-0.2, -0.15) is 0 Å². The third-order valence-corrected chi connectivity index (χ3v) is 1.48. The lowest BCUT2D eigenvalue weighted by Crippen LogP contribution is -2.24. The van der Waals surface area contributed by atoms with Gasteiger partial charge in [0.1, 0.15) is 0 Å². The molecule has 0 saturated heterocycles. The van der Waals surface area contributed by atoms with Crippen LogP contribution in [0.3, 0.4) is 0 Å². The minimum atomic E-state index is -1.82. The minimum absolute atomic E-state index is 0.132. The van der Waals surface area contributed by atoms with E-state index in [1.165, 1.54) is 0 Å². The molecule has 3 N–H and O–H groups in total. The van der Waals surface area contributed by atoms with E-state index in [-0.39, 0.29) is 12.3 Å². The first kappa shape index (κ1) is 10.5. The highest BCUT2D eigenvalue weighted by molar-refractivity contribution is 5.70. The van der Waals surface area contributed by atoms with E-state index in [2.05, 4.69) is 9.72 Å². The maximum absolute atomic E-state index is 11.1. The number of nitrogens with one attached hydrogen (secondary N) is 1. The Morgan fingerprint density at radius 3 is 2.79 bits per heavy atom. The molecule has 0 fully saturated rings. The van der Waals surface area contributed by atoms with Crippen LogP contribution in [-0.2, 0) is 4.74 Å². The summed E-state index contributed by atoms with van der Waals surface area (Å²) in [7, 11) is 0. The molecular formula is C7H10N2O5. The zero-order chi connectivity index (χ0) is 10.7. The van der Waals surface area contributed by atoms with Gasteiger partial charge in [-0.1, -0.05) is 0 Å². The van der Waals surface area contributed by atoms with Crippen molar-refractivity contribution in [3.05, 3.63) is 22.4 Å². The van der Waals surface area contributed by atoms with Gasteiger partial charge in [-0.3, -0.25) is 0 Å². The van der Waals surface area contributed by atoms with Gasteiger partial charge in [0.2, 0.25) is 0 Å². The third kappa shape index (κ3) is 2.01. The Kier molecular flexibility index (Phi) is 3.05. The first-order chi connectivity index (χ1) is 6.56. The lowest BCUT2D eigenvalue weighted by atomic mass is 10.5. The number of ether oxygens (including phenoxy) is 1. The highest BCUT2D eigenvalue weighted by atomic mass is 16.5. The smallest absolute Gasteiger partial charge is 0.422 e. The number of carbonyl (C=O) groups excluding carboxylic acids is 1. The number of H-pyrrole nitrogens is 1. The standard InChI is InChI=1S/C7H10N2O5/c1-2-14-7(13)9-3-4(5(10)11)8-6(9)12/h3,5,10-11H,2H2,1H3,(H,8,12). The molecule has 1 rings (SSSR count). The van der Waals surface area contributed by atoms with Crippen LogP contribution in [0, 0.1) is 0 Å². The lowest BCUT2D eigenvalue weighted by Gasteiger charge is -1.99. The summed E-state index contributed by atoms with van der Waals surface area (Å²) in [5, 5.41) is 17.4. The largest absolute Gasteiger partial charge is 0.449 e. The van der Waals surface area contributed by atoms with Crippen molar-refractivity contribution in [2.24, 2.45) is 0 Å². The second-order valence-corrected chi connectivity index (χ2v) is 2.46. The molecule has 0 aliphatic carbocycles. The molecule has 1 aromatic heterocycles. The van der Waals surface area contributed by atoms with Crippen LogP contribution in [-0.4, -0.2) is 32.5 Å². The number of aromatic nitrogens is 2. The average molecular weight is 202 g/mol. The van der Waals surface area contributed by atoms with Crippen molar-refractivity contribution < 1.29 is 19.7 Å². The van der Waals surface area contributed by atoms with Crippen LogP contribution < -0.4 is 5.69 Å². The second kappa shape index (κ2) is 4.07. The van der Waals surface area contributed by atoms with Gasteiger partial charge in [-0.05, 0) is 6.92 Å². The number of carbonyl (C=O) groups is 1. The Hall–Kier alpha value is -1.60. The number of aromatic amines is 1. The summed E-state index contributed by atoms with van der Waals surface area (Å²) in [6, 6.07) is 0. The summed E-state index contributed by atoms with van der Waals surface area (Å²) in [5.41, 5.74) is -0.936. The molecule has 0 amide bonds. The van der Waals surface area contributed by atoms with E-state index in [0.717, 1.165) is 6.20 Å². The van der Waals surface area contributed by atoms with Crippen molar-refractivity contribution >= 4 is 6.09 Å². The van der Waals surface area contributed by atoms with Crippen molar-refractivity contribution in [2.75, 3.05) is 6.61 Å². The highest BCUT2D eigenvalue weighted by Crippen LogP contribution is 2.02. The van der Waals surface area contributed by atoms with Crippen LogP contribution in [0.15, 0.2) is 11.0 Å². The first-order valence-electron chi connectivity index (χ1n) is 3.91. The molecule has 0 saturated carbocycles. The maximum atomic E-state index is 11.1. The van der Waals surface area contributed by atoms with Crippen molar-refractivity contribution in [1.82, 2.24) is 9.55 Å². The van der Waals surface area contributed by atoms with Crippen LogP contribution in [0.5, 0.6) is 0 Å². The highest BCUT2D eigenvalue weighted by Gasteiger charge is 2.14. The van der Waals surface area contributed by atoms with Crippen LogP contribution in [0.1, 0.15) is 18.9 Å². The predicted molar refractivity (Wildman–Crippen MR) is 44.7 cm³/mol. The summed E-state index contributed by atoms with van der Waals surface area (Å²) in [4.78, 5) is 24.2. The third-order valence-electron chi connectivity index (χ3n) is 1.48. The molecule has 0 spiro atoms. The molecule has 7 heteroatoms. The number of aliphatic hydroxyl groups is 2. The van der Waals surface area contributed by atoms with E-state index in [9.17, 15) is 9.59 Å². The Labute approximate surface area is 78.6 Å². The van der Waals surface area contributed by atoms with E-state index in [1.54, 1.807) is 6.92 Å². The molecule has 0 aliphatic heterocycles. The van der Waals surface area contributed by atoms with E-state index >= 15 is 0 Å². The van der Waals surface area contributed by atoms with Gasteiger partial charge >= 0.3 is 11.8 Å². The summed E-state index contributed by atoms with van der Waals surface area (Å²) in [6.07, 6.45) is -1.70. The molecule has 0 aliphatic rings. The monoisotopic (exact) mass is 202 g/mol. The summed E-state index contributed by atoms with van der Waals surface area (Å²) < 4.78 is 5.17. The molecule has 14 heavy (non-hydrogen) atoms. The predicted octanol–water partition coefficient (Wildman–Crippen LogP) is -0.836. The molecule has 0 radical (unpaired) electrons. The number of aliphatic hydroxyl groups excluding tert-OH is 1. The van der Waals surface area contributed by atoms with Crippen LogP contribution in [0.4, 0.5) is 4.79 Å². The molecule has 1 aromatic rings. The van der Waals surface area contributed by atoms with Crippen molar-refractivity contribution in [2.45, 2.75) is 13.2 Å². The molecule has 78 valence electrons. The normalized spacial score (nSPS) is 10.6. The molecular weight excluding hydrogens is 192 g/mol. The molecule has 0 aromatic carbocycles. The Balaban J connectivity index is 2.99. The van der Waals surface area contributed by atoms with E-state index < -0.39 is 18.1 Å². The molecule has 1 heterocycles. The summed E-state index contributed by atoms with van der Waals surface area (Å²) in [6.45, 7) is 1.73. The lowest BCUT2D eigenvalue weighted by molar-refractivity contribution is -0.0456. The van der Waals surface area contributed by atoms with E-state index in [4.69, 9.17) is 10.2 Å². The van der Waals surface area contributed by atoms with Crippen molar-refractivity contribution in [3.63, 3.8) is 0 Å². The SMILES string of the molecule is CCOC(=O)n1cc(C(O)O)[nH]c1=O. The first-order valence-corrected chi connectivity index (χ1v) is 3.91. The molecule has 0 atom stereocenters. The molecule has 0 unspecified atom stereocenters. The zero-order valence-corrected chi connectivity index (χ0v) is 7.43. The second-order valence-electron chi connectivity index (χ2n) is 2.46.